The molecule has 0 radical (unpaired) electrons. The lowest BCUT2D eigenvalue weighted by atomic mass is 9.86. The second-order valence-electron chi connectivity index (χ2n) is 11.6. The van der Waals surface area contributed by atoms with E-state index in [0.29, 0.717) is 17.6 Å². The van der Waals surface area contributed by atoms with Gasteiger partial charge in [0.05, 0.1) is 22.8 Å². The van der Waals surface area contributed by atoms with Crippen molar-refractivity contribution in [3.8, 4) is 29.0 Å². The molecule has 2 bridgehead atoms. The second-order valence-corrected chi connectivity index (χ2v) is 11.6. The van der Waals surface area contributed by atoms with Gasteiger partial charge in [0.15, 0.2) is 0 Å². The molecule has 200 valence electrons. The number of nitrogens with two attached hydrogens (primary N) is 1. The topological polar surface area (TPSA) is 99.4 Å². The molecule has 3 saturated heterocycles. The quantitative estimate of drug-likeness (QED) is 0.313. The van der Waals surface area contributed by atoms with Crippen molar-refractivity contribution in [1.29, 1.82) is 5.26 Å². The van der Waals surface area contributed by atoms with E-state index >= 15 is 0 Å². The number of nitrogens with zero attached hydrogens (tertiary/aromatic N) is 7. The molecule has 7 heterocycles. The summed E-state index contributed by atoms with van der Waals surface area (Å²) in [6, 6.07) is 11.8. The number of fused-ring (bicyclic) bond motifs is 3. The van der Waals surface area contributed by atoms with Crippen LogP contribution in [0.4, 0.5) is 5.82 Å². The standard InChI is InChI=1S/C31H33BN8/c1-4-28-27(32)10-21(13-35-28)16-39-24-11-25(39)19-38(18-24)29-6-5-22(14-36-29)26-9-20(7-8-31(2,3)34)17-40-30(26)23(12-33)15-37-40/h5-6,9-10,13-15,17,24-25H,4,11,16,18-19,32,34H2,1-3H3. The molecule has 0 amide bonds. The molecule has 4 aromatic heterocycles. The van der Waals surface area contributed by atoms with E-state index in [2.05, 4.69) is 70.8 Å². The molecule has 3 fully saturated rings. The Balaban J connectivity index is 1.21. The largest absolute Gasteiger partial charge is 0.353 e. The highest BCUT2D eigenvalue weighted by molar-refractivity contribution is 6.33. The second kappa shape index (κ2) is 10.1. The summed E-state index contributed by atoms with van der Waals surface area (Å²) in [5.41, 5.74) is 13.1. The fraction of sp³-hybridized carbons (Fsp3) is 0.355. The molecule has 0 spiro atoms. The first kappa shape index (κ1) is 26.1. The van der Waals surface area contributed by atoms with Crippen LogP contribution in [-0.4, -0.2) is 63.0 Å². The van der Waals surface area contributed by atoms with E-state index in [-0.39, 0.29) is 0 Å². The highest BCUT2D eigenvalue weighted by Crippen LogP contribution is 2.36. The molecule has 9 heteroatoms. The predicted octanol–water partition coefficient (Wildman–Crippen LogP) is 2.04. The highest BCUT2D eigenvalue weighted by Gasteiger charge is 2.44. The number of pyridine rings is 3. The van der Waals surface area contributed by atoms with Gasteiger partial charge < -0.3 is 10.6 Å². The molecule has 0 aromatic carbocycles. The van der Waals surface area contributed by atoms with Crippen molar-refractivity contribution in [2.45, 2.75) is 57.8 Å². The van der Waals surface area contributed by atoms with E-state index in [1.54, 1.807) is 10.7 Å². The molecule has 0 saturated carbocycles. The number of anilines is 1. The van der Waals surface area contributed by atoms with Crippen LogP contribution in [0.25, 0.3) is 16.6 Å². The average Bonchev–Trinajstić information content (AvgIpc) is 3.37. The van der Waals surface area contributed by atoms with Crippen LogP contribution in [0.15, 0.2) is 49.1 Å². The zero-order valence-corrected chi connectivity index (χ0v) is 23.5. The summed E-state index contributed by atoms with van der Waals surface area (Å²) in [4.78, 5) is 14.5. The van der Waals surface area contributed by atoms with E-state index in [9.17, 15) is 5.26 Å². The third-order valence-electron chi connectivity index (χ3n) is 7.93. The number of piperazine rings is 1. The van der Waals surface area contributed by atoms with Gasteiger partial charge in [-0.1, -0.05) is 30.3 Å². The van der Waals surface area contributed by atoms with Crippen LogP contribution in [-0.2, 0) is 13.0 Å². The van der Waals surface area contributed by atoms with Crippen molar-refractivity contribution in [3.05, 3.63) is 71.4 Å². The SMILES string of the molecule is Bc1cc(CN2C3CC2CN(c2ccc(-c4cc(C#CC(C)(C)N)cn5ncc(C#N)c45)cn2)C3)cnc1CC. The molecule has 7 rings (SSSR count). The first-order chi connectivity index (χ1) is 19.2. The van der Waals surface area contributed by atoms with E-state index in [1.807, 2.05) is 38.5 Å². The maximum Gasteiger partial charge on any atom is 0.141 e. The summed E-state index contributed by atoms with van der Waals surface area (Å²) in [7, 11) is 2.16. The van der Waals surface area contributed by atoms with Crippen molar-refractivity contribution >= 4 is 24.6 Å². The summed E-state index contributed by atoms with van der Waals surface area (Å²) in [6.45, 7) is 8.78. The Bertz CT molecular complexity index is 1670. The van der Waals surface area contributed by atoms with Gasteiger partial charge in [-0.2, -0.15) is 10.4 Å². The van der Waals surface area contributed by atoms with Gasteiger partial charge in [0.1, 0.15) is 19.7 Å². The number of piperidine rings is 1. The molecule has 2 N–H and O–H groups in total. The zero-order valence-electron chi connectivity index (χ0n) is 23.5. The van der Waals surface area contributed by atoms with Gasteiger partial charge in [0, 0.05) is 72.7 Å². The highest BCUT2D eigenvalue weighted by atomic mass is 15.4. The van der Waals surface area contributed by atoms with Gasteiger partial charge in [0.25, 0.3) is 0 Å². The van der Waals surface area contributed by atoms with E-state index in [1.165, 1.54) is 23.1 Å². The lowest BCUT2D eigenvalue weighted by molar-refractivity contribution is -0.00874. The minimum Gasteiger partial charge on any atom is -0.353 e. The molecule has 3 aliphatic rings. The van der Waals surface area contributed by atoms with Gasteiger partial charge in [-0.05, 0) is 50.5 Å². The number of hydrogen-bond acceptors (Lipinski definition) is 7. The monoisotopic (exact) mass is 528 g/mol. The molecule has 0 aliphatic carbocycles. The molecular weight excluding hydrogens is 495 g/mol. The van der Waals surface area contributed by atoms with E-state index in [4.69, 9.17) is 10.7 Å². The Morgan fingerprint density at radius 3 is 2.58 bits per heavy atom. The van der Waals surface area contributed by atoms with Crippen LogP contribution in [0.3, 0.4) is 0 Å². The van der Waals surface area contributed by atoms with Gasteiger partial charge in [0.2, 0.25) is 0 Å². The van der Waals surface area contributed by atoms with Crippen molar-refractivity contribution < 1.29 is 0 Å². The van der Waals surface area contributed by atoms with Crippen molar-refractivity contribution in [2.24, 2.45) is 5.73 Å². The molecule has 40 heavy (non-hydrogen) atoms. The number of nitriles is 1. The minimum absolute atomic E-state index is 0.517. The lowest BCUT2D eigenvalue weighted by Crippen LogP contribution is -2.68. The number of rotatable bonds is 5. The van der Waals surface area contributed by atoms with Gasteiger partial charge >= 0.3 is 0 Å². The lowest BCUT2D eigenvalue weighted by Gasteiger charge is -2.56. The molecule has 3 aliphatic heterocycles. The fourth-order valence-electron chi connectivity index (χ4n) is 5.92. The van der Waals surface area contributed by atoms with Crippen LogP contribution >= 0.6 is 0 Å². The van der Waals surface area contributed by atoms with Gasteiger partial charge in [-0.25, -0.2) is 9.50 Å². The molecule has 2 atom stereocenters. The summed E-state index contributed by atoms with van der Waals surface area (Å²) in [6.07, 6.45) is 9.57. The number of aromatic nitrogens is 4. The average molecular weight is 528 g/mol. The summed E-state index contributed by atoms with van der Waals surface area (Å²) >= 11 is 0. The summed E-state index contributed by atoms with van der Waals surface area (Å²) < 4.78 is 1.72. The maximum atomic E-state index is 9.69. The Morgan fingerprint density at radius 2 is 1.93 bits per heavy atom. The molecular formula is C31H33BN8. The van der Waals surface area contributed by atoms with Crippen molar-refractivity contribution in [3.63, 3.8) is 0 Å². The number of hydrogen-bond donors (Lipinski definition) is 1. The molecule has 4 aromatic rings. The minimum atomic E-state index is -0.611. The van der Waals surface area contributed by atoms with Crippen LogP contribution in [0.1, 0.15) is 49.6 Å². The third-order valence-corrected chi connectivity index (χ3v) is 7.93. The van der Waals surface area contributed by atoms with Crippen LogP contribution in [0.5, 0.6) is 0 Å². The number of aryl methyl sites for hydroxylation is 1. The zero-order chi connectivity index (χ0) is 28.0. The summed E-state index contributed by atoms with van der Waals surface area (Å²) in [5, 5.41) is 14.1. The smallest absolute Gasteiger partial charge is 0.141 e. The van der Waals surface area contributed by atoms with Crippen LogP contribution in [0, 0.1) is 23.2 Å². The van der Waals surface area contributed by atoms with E-state index in [0.717, 1.165) is 54.1 Å². The maximum absolute atomic E-state index is 9.69. The van der Waals surface area contributed by atoms with Gasteiger partial charge in [-0.3, -0.25) is 9.88 Å². The predicted molar refractivity (Wildman–Crippen MR) is 160 cm³/mol. The van der Waals surface area contributed by atoms with Crippen molar-refractivity contribution in [2.75, 3.05) is 18.0 Å². The first-order valence-electron chi connectivity index (χ1n) is 13.9. The first-order valence-corrected chi connectivity index (χ1v) is 13.9. The van der Waals surface area contributed by atoms with Crippen LogP contribution in [0.2, 0.25) is 0 Å². The van der Waals surface area contributed by atoms with Crippen molar-refractivity contribution in [1.82, 2.24) is 24.5 Å². The molecule has 8 nitrogen and oxygen atoms in total. The Morgan fingerprint density at radius 1 is 1.12 bits per heavy atom. The Labute approximate surface area is 236 Å². The van der Waals surface area contributed by atoms with Gasteiger partial charge in [-0.15, -0.1) is 0 Å². The third kappa shape index (κ3) is 4.95. The fourth-order valence-corrected chi connectivity index (χ4v) is 5.92. The van der Waals surface area contributed by atoms with E-state index < -0.39 is 5.54 Å². The van der Waals surface area contributed by atoms with Crippen LogP contribution < -0.4 is 16.1 Å². The molecule has 2 unspecified atom stereocenters. The normalized spacial score (nSPS) is 18.6. The Hall–Kier alpha value is -4.18. The summed E-state index contributed by atoms with van der Waals surface area (Å²) in [5.74, 6) is 7.22. The Kier molecular flexibility index (Phi) is 6.58.